The first kappa shape index (κ1) is 15.8. The Morgan fingerprint density at radius 2 is 1.89 bits per heavy atom. The lowest BCUT2D eigenvalue weighted by Gasteiger charge is -2.29. The molecule has 0 saturated carbocycles. The molecule has 1 aromatic carbocycles. The molecule has 0 fully saturated rings. The number of hydrogen-bond acceptors (Lipinski definition) is 2. The van der Waals surface area contributed by atoms with Gasteiger partial charge in [-0.2, -0.15) is 4.39 Å². The summed E-state index contributed by atoms with van der Waals surface area (Å²) >= 11 is 3.26. The van der Waals surface area contributed by atoms with Crippen LogP contribution in [0, 0.1) is 17.5 Å². The van der Waals surface area contributed by atoms with Gasteiger partial charge in [0.2, 0.25) is 5.82 Å². The van der Waals surface area contributed by atoms with Crippen LogP contribution in [0.2, 0.25) is 0 Å². The van der Waals surface area contributed by atoms with Crippen LogP contribution in [0.25, 0.3) is 0 Å². The van der Waals surface area contributed by atoms with Crippen LogP contribution in [0.1, 0.15) is 31.1 Å². The Kier molecular flexibility index (Phi) is 4.50. The Labute approximate surface area is 116 Å². The summed E-state index contributed by atoms with van der Waals surface area (Å²) in [5.74, 6) is -7.15. The highest BCUT2D eigenvalue weighted by Gasteiger charge is 2.29. The third-order valence-electron chi connectivity index (χ3n) is 2.81. The van der Waals surface area contributed by atoms with E-state index >= 15 is 0 Å². The molecule has 1 amide bonds. The number of phenolic OH excluding ortho intramolecular Hbond substituents is 1. The van der Waals surface area contributed by atoms with Gasteiger partial charge in [-0.15, -0.1) is 0 Å². The third-order valence-corrected chi connectivity index (χ3v) is 3.95. The summed E-state index contributed by atoms with van der Waals surface area (Å²) in [4.78, 5) is 11.7. The number of carbonyl (C=O) groups is 1. The average molecular weight is 340 g/mol. The minimum absolute atomic E-state index is 0.147. The maximum atomic E-state index is 13.5. The smallest absolute Gasteiger partial charge is 0.254 e. The highest BCUT2D eigenvalue weighted by atomic mass is 79.9. The molecule has 0 aromatic heterocycles. The Morgan fingerprint density at radius 1 is 1.37 bits per heavy atom. The molecule has 1 unspecified atom stereocenters. The van der Waals surface area contributed by atoms with Gasteiger partial charge in [-0.25, -0.2) is 8.78 Å². The molecule has 1 aromatic rings. The third kappa shape index (κ3) is 3.20. The fourth-order valence-corrected chi connectivity index (χ4v) is 1.33. The molecule has 0 radical (unpaired) electrons. The second kappa shape index (κ2) is 5.40. The van der Waals surface area contributed by atoms with Gasteiger partial charge in [-0.3, -0.25) is 4.79 Å². The van der Waals surface area contributed by atoms with Gasteiger partial charge >= 0.3 is 0 Å². The predicted octanol–water partition coefficient (Wildman–Crippen LogP) is 3.10. The summed E-state index contributed by atoms with van der Waals surface area (Å²) in [6.45, 7) is 5.10. The normalized spacial score (nSPS) is 13.2. The first-order valence-corrected chi connectivity index (χ1v) is 6.32. The minimum atomic E-state index is -1.72. The van der Waals surface area contributed by atoms with Gasteiger partial charge in [0.15, 0.2) is 17.4 Å². The standard InChI is InChI=1S/C12H13BrF3NO2/c1-5(13)12(2,3)17-11(19)6-4-7(14)9(16)10(18)8(6)15/h4-5,18H,1-3H3,(H,17,19). The monoisotopic (exact) mass is 339 g/mol. The summed E-state index contributed by atoms with van der Waals surface area (Å²) in [5, 5.41) is 11.5. The Bertz CT molecular complexity index is 518. The van der Waals surface area contributed by atoms with E-state index in [0.717, 1.165) is 0 Å². The Hall–Kier alpha value is -1.24. The number of amides is 1. The van der Waals surface area contributed by atoms with Crippen molar-refractivity contribution in [2.24, 2.45) is 0 Å². The first-order valence-electron chi connectivity index (χ1n) is 5.41. The van der Waals surface area contributed by atoms with Crippen LogP contribution in [-0.4, -0.2) is 21.4 Å². The number of hydrogen-bond donors (Lipinski definition) is 2. The summed E-state index contributed by atoms with van der Waals surface area (Å²) in [6.07, 6.45) is 0. The van der Waals surface area contributed by atoms with Crippen LogP contribution in [0.4, 0.5) is 13.2 Å². The Balaban J connectivity index is 3.15. The topological polar surface area (TPSA) is 49.3 Å². The van der Waals surface area contributed by atoms with Crippen molar-refractivity contribution in [2.45, 2.75) is 31.1 Å². The van der Waals surface area contributed by atoms with E-state index in [-0.39, 0.29) is 4.83 Å². The minimum Gasteiger partial charge on any atom is -0.503 e. The predicted molar refractivity (Wildman–Crippen MR) is 67.9 cm³/mol. The maximum absolute atomic E-state index is 13.5. The van der Waals surface area contributed by atoms with Crippen LogP contribution in [0.15, 0.2) is 6.07 Å². The van der Waals surface area contributed by atoms with Crippen LogP contribution in [0.5, 0.6) is 5.75 Å². The molecule has 0 heterocycles. The SMILES string of the molecule is CC(Br)C(C)(C)NC(=O)c1cc(F)c(F)c(O)c1F. The lowest BCUT2D eigenvalue weighted by Crippen LogP contribution is -2.49. The molecular formula is C12H13BrF3NO2. The molecule has 0 bridgehead atoms. The first-order chi connectivity index (χ1) is 8.58. The second-order valence-electron chi connectivity index (χ2n) is 4.67. The zero-order chi connectivity index (χ0) is 15.0. The molecule has 2 N–H and O–H groups in total. The van der Waals surface area contributed by atoms with Crippen molar-refractivity contribution in [3.8, 4) is 5.75 Å². The zero-order valence-corrected chi connectivity index (χ0v) is 12.1. The van der Waals surface area contributed by atoms with Gasteiger partial charge in [-0.05, 0) is 19.9 Å². The molecule has 1 atom stereocenters. The van der Waals surface area contributed by atoms with E-state index in [4.69, 9.17) is 5.11 Å². The van der Waals surface area contributed by atoms with Crippen molar-refractivity contribution in [3.05, 3.63) is 29.1 Å². The molecule has 3 nitrogen and oxygen atoms in total. The van der Waals surface area contributed by atoms with E-state index in [9.17, 15) is 18.0 Å². The van der Waals surface area contributed by atoms with E-state index < -0.39 is 40.2 Å². The molecule has 106 valence electrons. The average Bonchev–Trinajstić information content (AvgIpc) is 2.30. The molecule has 0 aliphatic carbocycles. The van der Waals surface area contributed by atoms with Crippen LogP contribution in [-0.2, 0) is 0 Å². The molecule has 1 rings (SSSR count). The quantitative estimate of drug-likeness (QED) is 0.656. The van der Waals surface area contributed by atoms with E-state index in [2.05, 4.69) is 21.2 Å². The molecule has 7 heteroatoms. The van der Waals surface area contributed by atoms with Crippen molar-refractivity contribution in [1.82, 2.24) is 5.32 Å². The van der Waals surface area contributed by atoms with Crippen molar-refractivity contribution < 1.29 is 23.1 Å². The summed E-state index contributed by atoms with van der Waals surface area (Å²) in [7, 11) is 0. The number of aromatic hydroxyl groups is 1. The number of rotatable bonds is 3. The number of halogens is 4. The maximum Gasteiger partial charge on any atom is 0.254 e. The van der Waals surface area contributed by atoms with Crippen LogP contribution in [0.3, 0.4) is 0 Å². The summed E-state index contributed by atoms with van der Waals surface area (Å²) in [5.41, 5.74) is -1.50. The number of nitrogens with one attached hydrogen (secondary N) is 1. The lowest BCUT2D eigenvalue weighted by molar-refractivity contribution is 0.0908. The summed E-state index contributed by atoms with van der Waals surface area (Å²) < 4.78 is 39.5. The van der Waals surface area contributed by atoms with Gasteiger partial charge in [-0.1, -0.05) is 22.9 Å². The largest absolute Gasteiger partial charge is 0.503 e. The number of phenols is 1. The van der Waals surface area contributed by atoms with E-state index in [1.54, 1.807) is 20.8 Å². The molecule has 19 heavy (non-hydrogen) atoms. The van der Waals surface area contributed by atoms with Crippen LogP contribution >= 0.6 is 15.9 Å². The molecule has 0 aliphatic rings. The van der Waals surface area contributed by atoms with Gasteiger partial charge in [0.25, 0.3) is 5.91 Å². The van der Waals surface area contributed by atoms with Gasteiger partial charge in [0, 0.05) is 10.4 Å². The van der Waals surface area contributed by atoms with E-state index in [1.807, 2.05) is 0 Å². The van der Waals surface area contributed by atoms with Gasteiger partial charge < -0.3 is 10.4 Å². The lowest BCUT2D eigenvalue weighted by atomic mass is 10.0. The Morgan fingerprint density at radius 3 is 2.37 bits per heavy atom. The molecule has 0 aliphatic heterocycles. The number of alkyl halides is 1. The summed E-state index contributed by atoms with van der Waals surface area (Å²) in [6, 6.07) is 0.411. The van der Waals surface area contributed by atoms with Crippen molar-refractivity contribution in [2.75, 3.05) is 0 Å². The zero-order valence-electron chi connectivity index (χ0n) is 10.5. The second-order valence-corrected chi connectivity index (χ2v) is 6.05. The van der Waals surface area contributed by atoms with Gasteiger partial charge in [0.1, 0.15) is 0 Å². The van der Waals surface area contributed by atoms with Crippen molar-refractivity contribution >= 4 is 21.8 Å². The highest BCUT2D eigenvalue weighted by Crippen LogP contribution is 2.26. The fourth-order valence-electron chi connectivity index (χ4n) is 1.22. The molecule has 0 spiro atoms. The van der Waals surface area contributed by atoms with Gasteiger partial charge in [0.05, 0.1) is 5.56 Å². The van der Waals surface area contributed by atoms with Crippen molar-refractivity contribution in [1.29, 1.82) is 0 Å². The van der Waals surface area contributed by atoms with E-state index in [0.29, 0.717) is 6.07 Å². The van der Waals surface area contributed by atoms with E-state index in [1.165, 1.54) is 0 Å². The van der Waals surface area contributed by atoms with Crippen LogP contribution < -0.4 is 5.32 Å². The van der Waals surface area contributed by atoms with Crippen molar-refractivity contribution in [3.63, 3.8) is 0 Å². The molecule has 0 saturated heterocycles. The number of carbonyl (C=O) groups excluding carboxylic acids is 1. The number of benzene rings is 1. The highest BCUT2D eigenvalue weighted by molar-refractivity contribution is 9.09. The molecular weight excluding hydrogens is 327 g/mol. The fraction of sp³-hybridized carbons (Fsp3) is 0.417.